The summed E-state index contributed by atoms with van der Waals surface area (Å²) >= 11 is 0. The van der Waals surface area contributed by atoms with E-state index in [2.05, 4.69) is 19.2 Å². The van der Waals surface area contributed by atoms with E-state index in [9.17, 15) is 14.9 Å². The number of ether oxygens (including phenoxy) is 2. The molecule has 0 aromatic heterocycles. The van der Waals surface area contributed by atoms with Crippen molar-refractivity contribution in [2.24, 2.45) is 5.92 Å². The van der Waals surface area contributed by atoms with Gasteiger partial charge in [0.1, 0.15) is 5.56 Å². The number of nitro groups is 1. The summed E-state index contributed by atoms with van der Waals surface area (Å²) in [6.45, 7) is 6.48. The first-order valence-corrected chi connectivity index (χ1v) is 8.68. The lowest BCUT2D eigenvalue weighted by Crippen LogP contribution is -2.27. The van der Waals surface area contributed by atoms with Gasteiger partial charge in [-0.2, -0.15) is 0 Å². The van der Waals surface area contributed by atoms with Crippen molar-refractivity contribution in [3.05, 3.63) is 63.7 Å². The number of nitrogens with zero attached hydrogens (tertiary/aromatic N) is 1. The largest absolute Gasteiger partial charge is 0.493 e. The second-order valence-electron chi connectivity index (χ2n) is 6.58. The molecule has 27 heavy (non-hydrogen) atoms. The summed E-state index contributed by atoms with van der Waals surface area (Å²) < 4.78 is 11.1. The number of benzene rings is 2. The minimum Gasteiger partial charge on any atom is -0.493 e. The second-order valence-corrected chi connectivity index (χ2v) is 6.58. The SMILES string of the molecule is COc1cc(C(C)NC(=O)c2ccccc2[N+](=O)[O-])ccc1OCC(C)C. The number of hydrogen-bond acceptors (Lipinski definition) is 5. The Balaban J connectivity index is 2.17. The van der Waals surface area contributed by atoms with Crippen LogP contribution >= 0.6 is 0 Å². The molecule has 1 atom stereocenters. The Morgan fingerprint density at radius 1 is 1.15 bits per heavy atom. The van der Waals surface area contributed by atoms with Gasteiger partial charge in [-0.05, 0) is 36.6 Å². The number of carbonyl (C=O) groups excluding carboxylic acids is 1. The normalized spacial score (nSPS) is 11.7. The lowest BCUT2D eigenvalue weighted by molar-refractivity contribution is -0.385. The molecule has 1 N–H and O–H groups in total. The number of nitrogens with one attached hydrogen (secondary N) is 1. The van der Waals surface area contributed by atoms with Gasteiger partial charge in [0.15, 0.2) is 11.5 Å². The fourth-order valence-electron chi connectivity index (χ4n) is 2.51. The Hall–Kier alpha value is -3.09. The third-order valence-corrected chi connectivity index (χ3v) is 3.95. The molecule has 0 radical (unpaired) electrons. The first-order valence-electron chi connectivity index (χ1n) is 8.68. The number of para-hydroxylation sites is 1. The van der Waals surface area contributed by atoms with Gasteiger partial charge in [-0.15, -0.1) is 0 Å². The number of methoxy groups -OCH3 is 1. The number of hydrogen-bond donors (Lipinski definition) is 1. The molecular formula is C20H24N2O5. The highest BCUT2D eigenvalue weighted by molar-refractivity contribution is 5.98. The minimum absolute atomic E-state index is 0.0261. The zero-order valence-corrected chi connectivity index (χ0v) is 15.9. The molecule has 1 unspecified atom stereocenters. The molecule has 0 fully saturated rings. The van der Waals surface area contributed by atoms with Crippen LogP contribution in [-0.4, -0.2) is 24.5 Å². The summed E-state index contributed by atoms with van der Waals surface area (Å²) in [7, 11) is 1.55. The maximum atomic E-state index is 12.5. The van der Waals surface area contributed by atoms with Gasteiger partial charge in [0.05, 0.1) is 24.7 Å². The zero-order chi connectivity index (χ0) is 20.0. The summed E-state index contributed by atoms with van der Waals surface area (Å²) in [4.78, 5) is 23.0. The topological polar surface area (TPSA) is 90.7 Å². The van der Waals surface area contributed by atoms with Crippen LogP contribution in [-0.2, 0) is 0 Å². The number of nitro benzene ring substituents is 1. The van der Waals surface area contributed by atoms with Crippen LogP contribution in [0.15, 0.2) is 42.5 Å². The van der Waals surface area contributed by atoms with Crippen molar-refractivity contribution in [3.63, 3.8) is 0 Å². The van der Waals surface area contributed by atoms with E-state index in [0.29, 0.717) is 24.0 Å². The molecule has 2 aromatic carbocycles. The van der Waals surface area contributed by atoms with Crippen molar-refractivity contribution in [2.75, 3.05) is 13.7 Å². The summed E-state index contributed by atoms with van der Waals surface area (Å²) in [6, 6.07) is 10.9. The molecule has 0 saturated heterocycles. The molecule has 0 aliphatic rings. The molecule has 0 bridgehead atoms. The van der Waals surface area contributed by atoms with Crippen LogP contribution in [0, 0.1) is 16.0 Å². The molecule has 0 aliphatic carbocycles. The summed E-state index contributed by atoms with van der Waals surface area (Å²) in [6.07, 6.45) is 0. The minimum atomic E-state index is -0.566. The van der Waals surface area contributed by atoms with E-state index in [1.807, 2.05) is 6.07 Å². The third-order valence-electron chi connectivity index (χ3n) is 3.95. The van der Waals surface area contributed by atoms with Gasteiger partial charge in [0.2, 0.25) is 0 Å². The van der Waals surface area contributed by atoms with Crippen molar-refractivity contribution < 1.29 is 19.2 Å². The van der Waals surface area contributed by atoms with Crippen LogP contribution in [0.2, 0.25) is 0 Å². The third kappa shape index (κ3) is 5.20. The van der Waals surface area contributed by atoms with E-state index in [1.54, 1.807) is 32.2 Å². The van der Waals surface area contributed by atoms with Crippen LogP contribution in [0.3, 0.4) is 0 Å². The molecule has 7 heteroatoms. The Morgan fingerprint density at radius 3 is 2.48 bits per heavy atom. The van der Waals surface area contributed by atoms with Crippen molar-refractivity contribution >= 4 is 11.6 Å². The van der Waals surface area contributed by atoms with Crippen molar-refractivity contribution in [1.82, 2.24) is 5.32 Å². The smallest absolute Gasteiger partial charge is 0.282 e. The van der Waals surface area contributed by atoms with Gasteiger partial charge < -0.3 is 14.8 Å². The van der Waals surface area contributed by atoms with Crippen molar-refractivity contribution in [1.29, 1.82) is 0 Å². The van der Waals surface area contributed by atoms with Crippen molar-refractivity contribution in [2.45, 2.75) is 26.8 Å². The van der Waals surface area contributed by atoms with Gasteiger partial charge in [0.25, 0.3) is 11.6 Å². The predicted octanol–water partition coefficient (Wildman–Crippen LogP) is 4.13. The van der Waals surface area contributed by atoms with Crippen LogP contribution in [0.4, 0.5) is 5.69 Å². The Labute approximate surface area is 158 Å². The number of amides is 1. The molecule has 144 valence electrons. The first-order chi connectivity index (χ1) is 12.8. The maximum Gasteiger partial charge on any atom is 0.282 e. The van der Waals surface area contributed by atoms with Crippen LogP contribution in [0.1, 0.15) is 42.7 Å². The molecule has 2 rings (SSSR count). The molecule has 7 nitrogen and oxygen atoms in total. The first kappa shape index (κ1) is 20.2. The highest BCUT2D eigenvalue weighted by atomic mass is 16.6. The molecule has 0 saturated carbocycles. The van der Waals surface area contributed by atoms with E-state index < -0.39 is 10.8 Å². The van der Waals surface area contributed by atoms with Crippen LogP contribution in [0.25, 0.3) is 0 Å². The highest BCUT2D eigenvalue weighted by Gasteiger charge is 2.21. The van der Waals surface area contributed by atoms with E-state index in [0.717, 1.165) is 5.56 Å². The molecule has 2 aromatic rings. The summed E-state index contributed by atoms with van der Waals surface area (Å²) in [5.41, 5.74) is 0.603. The average molecular weight is 372 g/mol. The molecule has 0 aliphatic heterocycles. The van der Waals surface area contributed by atoms with E-state index in [1.165, 1.54) is 18.2 Å². The van der Waals surface area contributed by atoms with Gasteiger partial charge in [-0.25, -0.2) is 0 Å². The lowest BCUT2D eigenvalue weighted by atomic mass is 10.1. The Bertz CT molecular complexity index is 820. The molecule has 1 amide bonds. The van der Waals surface area contributed by atoms with Crippen LogP contribution < -0.4 is 14.8 Å². The molecule has 0 heterocycles. The molecule has 0 spiro atoms. The predicted molar refractivity (Wildman–Crippen MR) is 102 cm³/mol. The fraction of sp³-hybridized carbons (Fsp3) is 0.350. The second kappa shape index (κ2) is 9.02. The van der Waals surface area contributed by atoms with Gasteiger partial charge in [-0.1, -0.05) is 32.0 Å². The molecular weight excluding hydrogens is 348 g/mol. The number of carbonyl (C=O) groups is 1. The number of rotatable bonds is 8. The zero-order valence-electron chi connectivity index (χ0n) is 15.9. The monoisotopic (exact) mass is 372 g/mol. The summed E-state index contributed by atoms with van der Waals surface area (Å²) in [5.74, 6) is 1.08. The van der Waals surface area contributed by atoms with E-state index in [4.69, 9.17) is 9.47 Å². The quantitative estimate of drug-likeness (QED) is 0.556. The van der Waals surface area contributed by atoms with Crippen molar-refractivity contribution in [3.8, 4) is 11.5 Å². The Morgan fingerprint density at radius 2 is 1.85 bits per heavy atom. The maximum absolute atomic E-state index is 12.5. The fourth-order valence-corrected chi connectivity index (χ4v) is 2.51. The van der Waals surface area contributed by atoms with Gasteiger partial charge in [-0.3, -0.25) is 14.9 Å². The Kier molecular flexibility index (Phi) is 6.76. The standard InChI is InChI=1S/C20H24N2O5/c1-13(2)12-27-18-10-9-15(11-19(18)26-4)14(3)21-20(23)16-7-5-6-8-17(16)22(24)25/h5-11,13-14H,12H2,1-4H3,(H,21,23). The lowest BCUT2D eigenvalue weighted by Gasteiger charge is -2.18. The van der Waals surface area contributed by atoms with E-state index in [-0.39, 0.29) is 17.3 Å². The summed E-state index contributed by atoms with van der Waals surface area (Å²) in [5, 5.41) is 13.9. The highest BCUT2D eigenvalue weighted by Crippen LogP contribution is 2.31. The van der Waals surface area contributed by atoms with Crippen LogP contribution in [0.5, 0.6) is 11.5 Å². The van der Waals surface area contributed by atoms with Gasteiger partial charge in [0, 0.05) is 6.07 Å². The average Bonchev–Trinajstić information content (AvgIpc) is 2.65. The van der Waals surface area contributed by atoms with Gasteiger partial charge >= 0.3 is 0 Å². The van der Waals surface area contributed by atoms with E-state index >= 15 is 0 Å².